The van der Waals surface area contributed by atoms with Crippen LogP contribution in [0.1, 0.15) is 51.0 Å². The highest BCUT2D eigenvalue weighted by atomic mass is 32.2. The average molecular weight is 485 g/mol. The molecule has 0 atom stereocenters. The van der Waals surface area contributed by atoms with E-state index in [1.807, 2.05) is 13.0 Å². The fourth-order valence-corrected chi connectivity index (χ4v) is 7.62. The zero-order valence-corrected chi connectivity index (χ0v) is 20.6. The van der Waals surface area contributed by atoms with Crippen molar-refractivity contribution in [2.75, 3.05) is 26.8 Å². The first-order valence-electron chi connectivity index (χ1n) is 12.3. The van der Waals surface area contributed by atoms with Gasteiger partial charge < -0.3 is 14.8 Å². The quantitative estimate of drug-likeness (QED) is 0.549. The van der Waals surface area contributed by atoms with Gasteiger partial charge in [0.25, 0.3) is 11.1 Å². The van der Waals surface area contributed by atoms with E-state index in [1.165, 1.54) is 24.2 Å². The van der Waals surface area contributed by atoms with Crippen LogP contribution in [0.5, 0.6) is 11.5 Å². The maximum Gasteiger partial charge on any atom is 0.293 e. The largest absolute Gasteiger partial charge is 0.493 e. The zero-order valence-electron chi connectivity index (χ0n) is 19.8. The zero-order chi connectivity index (χ0) is 23.9. The minimum Gasteiger partial charge on any atom is -0.493 e. The van der Waals surface area contributed by atoms with Gasteiger partial charge in [0, 0.05) is 18.5 Å². The summed E-state index contributed by atoms with van der Waals surface area (Å²) in [5.74, 6) is 3.09. The second-order valence-corrected chi connectivity index (χ2v) is 11.1. The van der Waals surface area contributed by atoms with E-state index in [9.17, 15) is 14.4 Å². The van der Waals surface area contributed by atoms with E-state index in [2.05, 4.69) is 5.32 Å². The molecule has 4 aliphatic carbocycles. The third-order valence-electron chi connectivity index (χ3n) is 7.80. The van der Waals surface area contributed by atoms with Gasteiger partial charge in [-0.2, -0.15) is 0 Å². The van der Waals surface area contributed by atoms with Crippen molar-refractivity contribution in [3.8, 4) is 11.5 Å². The Hall–Kier alpha value is -2.48. The number of hydrogen-bond acceptors (Lipinski definition) is 6. The lowest BCUT2D eigenvalue weighted by atomic mass is 9.49. The molecule has 0 unspecified atom stereocenters. The van der Waals surface area contributed by atoms with Gasteiger partial charge in [0.1, 0.15) is 0 Å². The highest BCUT2D eigenvalue weighted by Crippen LogP contribution is 2.60. The summed E-state index contributed by atoms with van der Waals surface area (Å²) in [5, 5.41) is 2.75. The molecule has 1 aliphatic heterocycles. The highest BCUT2D eigenvalue weighted by Gasteiger charge is 2.54. The van der Waals surface area contributed by atoms with Crippen LogP contribution in [-0.2, 0) is 9.59 Å². The standard InChI is InChI=1S/C26H32N2O5S/c1-3-33-20-5-4-16(11-21(20)32-2)12-22-23(29)28(25(31)34-22)7-6-27-24(30)26-13-17-8-18(14-26)10-19(9-17)15-26/h4-5,11-12,17-19H,3,6-10,13-15H2,1-2H3,(H,27,30)/b22-12+. The molecule has 5 aliphatic rings. The Morgan fingerprint density at radius 2 is 1.82 bits per heavy atom. The van der Waals surface area contributed by atoms with Crippen molar-refractivity contribution in [3.05, 3.63) is 28.7 Å². The molecule has 1 saturated heterocycles. The smallest absolute Gasteiger partial charge is 0.293 e. The maximum atomic E-state index is 13.1. The molecule has 182 valence electrons. The number of nitrogens with zero attached hydrogens (tertiary/aromatic N) is 1. The predicted molar refractivity (Wildman–Crippen MR) is 130 cm³/mol. The molecule has 0 radical (unpaired) electrons. The van der Waals surface area contributed by atoms with Gasteiger partial charge in [0.2, 0.25) is 5.91 Å². The number of benzene rings is 1. The Kier molecular flexibility index (Phi) is 6.35. The van der Waals surface area contributed by atoms with Crippen LogP contribution in [0.4, 0.5) is 4.79 Å². The van der Waals surface area contributed by atoms with Gasteiger partial charge in [-0.1, -0.05) is 6.07 Å². The molecule has 7 nitrogen and oxygen atoms in total. The predicted octanol–water partition coefficient (Wildman–Crippen LogP) is 4.46. The van der Waals surface area contributed by atoms with Gasteiger partial charge in [-0.25, -0.2) is 0 Å². The van der Waals surface area contributed by atoms with Crippen LogP contribution in [0.3, 0.4) is 0 Å². The third-order valence-corrected chi connectivity index (χ3v) is 8.71. The van der Waals surface area contributed by atoms with E-state index in [4.69, 9.17) is 9.47 Å². The van der Waals surface area contributed by atoms with Crippen LogP contribution in [-0.4, -0.2) is 48.8 Å². The number of methoxy groups -OCH3 is 1. The first kappa shape index (κ1) is 23.3. The molecule has 4 bridgehead atoms. The van der Waals surface area contributed by atoms with Gasteiger partial charge in [-0.05, 0) is 98.7 Å². The van der Waals surface area contributed by atoms with Gasteiger partial charge in [0.15, 0.2) is 11.5 Å². The Morgan fingerprint density at radius 1 is 1.15 bits per heavy atom. The Labute approximate surface area is 204 Å². The fraction of sp³-hybridized carbons (Fsp3) is 0.577. The number of hydrogen-bond donors (Lipinski definition) is 1. The lowest BCUT2D eigenvalue weighted by molar-refractivity contribution is -0.146. The van der Waals surface area contributed by atoms with Crippen molar-refractivity contribution >= 4 is 34.9 Å². The number of amides is 3. The SMILES string of the molecule is CCOc1ccc(/C=C2/SC(=O)N(CCNC(=O)C34CC5CC(CC(C5)C3)C4)C2=O)cc1OC. The summed E-state index contributed by atoms with van der Waals surface area (Å²) in [6.45, 7) is 2.90. The lowest BCUT2D eigenvalue weighted by Crippen LogP contribution is -2.54. The molecule has 0 aromatic heterocycles. The lowest BCUT2D eigenvalue weighted by Gasteiger charge is -2.55. The van der Waals surface area contributed by atoms with Crippen molar-refractivity contribution < 1.29 is 23.9 Å². The molecule has 1 aromatic rings. The molecule has 4 saturated carbocycles. The number of thioether (sulfide) groups is 1. The van der Waals surface area contributed by atoms with E-state index < -0.39 is 0 Å². The van der Waals surface area contributed by atoms with Crippen LogP contribution < -0.4 is 14.8 Å². The number of carbonyl (C=O) groups excluding carboxylic acids is 3. The Morgan fingerprint density at radius 3 is 2.44 bits per heavy atom. The first-order chi connectivity index (χ1) is 16.4. The number of nitrogens with one attached hydrogen (secondary N) is 1. The molecule has 5 fully saturated rings. The summed E-state index contributed by atoms with van der Waals surface area (Å²) < 4.78 is 10.9. The number of imide groups is 1. The molecule has 1 aromatic carbocycles. The average Bonchev–Trinajstić information content (AvgIpc) is 3.06. The Bertz CT molecular complexity index is 1000. The molecular formula is C26H32N2O5S. The van der Waals surface area contributed by atoms with Crippen LogP contribution in [0, 0.1) is 23.2 Å². The summed E-state index contributed by atoms with van der Waals surface area (Å²) in [7, 11) is 1.56. The number of rotatable bonds is 8. The molecule has 1 N–H and O–H groups in total. The van der Waals surface area contributed by atoms with E-state index in [1.54, 1.807) is 25.3 Å². The summed E-state index contributed by atoms with van der Waals surface area (Å²) in [6.07, 6.45) is 8.56. The van der Waals surface area contributed by atoms with Crippen molar-refractivity contribution in [3.63, 3.8) is 0 Å². The number of carbonyl (C=O) groups is 3. The van der Waals surface area contributed by atoms with Crippen LogP contribution in [0.25, 0.3) is 6.08 Å². The summed E-state index contributed by atoms with van der Waals surface area (Å²) >= 11 is 0.924. The van der Waals surface area contributed by atoms with Gasteiger partial charge >= 0.3 is 0 Å². The summed E-state index contributed by atoms with van der Waals surface area (Å²) in [6, 6.07) is 5.40. The van der Waals surface area contributed by atoms with Gasteiger partial charge in [-0.3, -0.25) is 19.3 Å². The molecule has 0 spiro atoms. The van der Waals surface area contributed by atoms with Crippen molar-refractivity contribution in [2.45, 2.75) is 45.4 Å². The molecule has 34 heavy (non-hydrogen) atoms. The molecule has 8 heteroatoms. The monoisotopic (exact) mass is 484 g/mol. The number of ether oxygens (including phenoxy) is 2. The third kappa shape index (κ3) is 4.32. The molecular weight excluding hydrogens is 452 g/mol. The van der Waals surface area contributed by atoms with E-state index in [-0.39, 0.29) is 29.0 Å². The van der Waals surface area contributed by atoms with Crippen molar-refractivity contribution in [2.24, 2.45) is 23.2 Å². The van der Waals surface area contributed by atoms with Crippen LogP contribution >= 0.6 is 11.8 Å². The summed E-state index contributed by atoms with van der Waals surface area (Å²) in [5.41, 5.74) is 0.529. The van der Waals surface area contributed by atoms with Crippen molar-refractivity contribution in [1.82, 2.24) is 10.2 Å². The summed E-state index contributed by atoms with van der Waals surface area (Å²) in [4.78, 5) is 40.1. The minimum absolute atomic E-state index is 0.121. The topological polar surface area (TPSA) is 84.9 Å². The maximum absolute atomic E-state index is 13.1. The Balaban J connectivity index is 1.19. The first-order valence-corrected chi connectivity index (χ1v) is 13.1. The van der Waals surface area contributed by atoms with Gasteiger partial charge in [0.05, 0.1) is 18.6 Å². The normalized spacial score (nSPS) is 30.8. The van der Waals surface area contributed by atoms with Gasteiger partial charge in [-0.15, -0.1) is 0 Å². The van der Waals surface area contributed by atoms with E-state index >= 15 is 0 Å². The minimum atomic E-state index is -0.327. The van der Waals surface area contributed by atoms with E-state index in [0.717, 1.165) is 36.6 Å². The van der Waals surface area contributed by atoms with E-state index in [0.29, 0.717) is 47.3 Å². The fourth-order valence-electron chi connectivity index (χ4n) is 6.75. The highest BCUT2D eigenvalue weighted by molar-refractivity contribution is 8.18. The molecule has 6 rings (SSSR count). The van der Waals surface area contributed by atoms with Crippen LogP contribution in [0.2, 0.25) is 0 Å². The molecule has 1 heterocycles. The molecule has 3 amide bonds. The second kappa shape index (κ2) is 9.29. The van der Waals surface area contributed by atoms with Crippen molar-refractivity contribution in [1.29, 1.82) is 0 Å². The second-order valence-electron chi connectivity index (χ2n) is 10.1. The van der Waals surface area contributed by atoms with Crippen LogP contribution in [0.15, 0.2) is 23.1 Å².